The van der Waals surface area contributed by atoms with E-state index in [1.807, 2.05) is 22.7 Å². The molecule has 0 spiro atoms. The lowest BCUT2D eigenvalue weighted by molar-refractivity contribution is 0.715. The van der Waals surface area contributed by atoms with Crippen molar-refractivity contribution in [2.24, 2.45) is 5.92 Å². The Morgan fingerprint density at radius 3 is 1.61 bits per heavy atom. The summed E-state index contributed by atoms with van der Waals surface area (Å²) in [5.41, 5.74) is 24.4. The highest BCUT2D eigenvalue weighted by molar-refractivity contribution is 7.20. The summed E-state index contributed by atoms with van der Waals surface area (Å²) in [6.07, 6.45) is 18.4. The number of rotatable bonds is 9. The third-order valence-electron chi connectivity index (χ3n) is 19.4. The van der Waals surface area contributed by atoms with E-state index in [9.17, 15) is 0 Å². The fourth-order valence-corrected chi connectivity index (χ4v) is 17.7. The number of benzene rings is 12. The fourth-order valence-electron chi connectivity index (χ4n) is 15.1. The molecule has 15 aromatic rings. The lowest BCUT2D eigenvalue weighted by Gasteiger charge is -2.24. The number of nitrogens with zero attached hydrogens (tertiary/aromatic N) is 1. The van der Waals surface area contributed by atoms with E-state index in [0.717, 1.165) is 31.4 Å². The summed E-state index contributed by atoms with van der Waals surface area (Å²) in [4.78, 5) is 2.94. The van der Waals surface area contributed by atoms with Crippen LogP contribution >= 0.6 is 22.7 Å². The van der Waals surface area contributed by atoms with E-state index in [4.69, 9.17) is 0 Å². The third kappa shape index (κ3) is 8.78. The monoisotopic (exact) mass is 1170 g/mol. The molecule has 0 radical (unpaired) electrons. The van der Waals surface area contributed by atoms with Crippen molar-refractivity contribution >= 4 is 104 Å². The van der Waals surface area contributed by atoms with Crippen LogP contribution in [0, 0.1) is 5.92 Å². The minimum absolute atomic E-state index is 0.156. The molecular weight excluding hydrogens is 1110 g/mol. The average molecular weight is 1170 g/mol. The number of aryl methyl sites for hydroxylation is 1. The standard InChI is InChI=1S/C86H59NS2/c1-6-20-54(21-7-1)60-38-44-81-75(46-60)77-52-64(56-24-10-3-11-25-56)50-71(85(77)88-81)62-36-42-79-73(48-62)74-49-63(72-51-65(57-26-12-4-13-27-57)53-78-76-47-61(55-22-8-2-9-23-55)39-45-82(76)89-86(72)78)37-43-80(74)87(79)66-40-34-59(35-41-66)84-69-32-18-16-30-67(69)83(58-28-14-5-15-29-58)68-31-17-19-33-70(68)84/h1-22,24-38,40-44,46-49,51-53,55,71H,23,39,45,50H2. The highest BCUT2D eigenvalue weighted by Crippen LogP contribution is 2.52. The van der Waals surface area contributed by atoms with Crippen molar-refractivity contribution in [1.29, 1.82) is 0 Å². The molecule has 12 aromatic carbocycles. The molecule has 3 heteroatoms. The zero-order valence-corrected chi connectivity index (χ0v) is 50.7. The van der Waals surface area contributed by atoms with Gasteiger partial charge in [-0.3, -0.25) is 0 Å². The van der Waals surface area contributed by atoms with Gasteiger partial charge in [-0.15, -0.1) is 22.7 Å². The van der Waals surface area contributed by atoms with E-state index < -0.39 is 0 Å². The molecule has 0 aliphatic heterocycles. The SMILES string of the molecule is C1=CCC(C2=Cc3c(sc4c(-c5ccc6c(c5)c5cc(C7CC(c8ccccc8)=Cc8c7sc7ccc(-c9ccccc9)cc87)ccc5n6-c5ccc(-c6c7ccccc7c(-c7ccccc7)c7ccccc67)cc5)cc(-c5ccccc5)cc34)CC2)C=C1. The topological polar surface area (TPSA) is 4.93 Å². The Hall–Kier alpha value is -10.2. The molecule has 0 saturated heterocycles. The summed E-state index contributed by atoms with van der Waals surface area (Å²) in [5.74, 6) is 0.614. The quantitative estimate of drug-likeness (QED) is 0.127. The second-order valence-electron chi connectivity index (χ2n) is 24.4. The smallest absolute Gasteiger partial charge is 0.0541 e. The number of fused-ring (bicyclic) bond motifs is 11. The van der Waals surface area contributed by atoms with E-state index in [2.05, 4.69) is 302 Å². The van der Waals surface area contributed by atoms with Crippen LogP contribution in [0.1, 0.15) is 57.2 Å². The van der Waals surface area contributed by atoms with Crippen molar-refractivity contribution in [3.8, 4) is 61.3 Å². The van der Waals surface area contributed by atoms with E-state index >= 15 is 0 Å². The van der Waals surface area contributed by atoms with E-state index in [1.54, 1.807) is 5.57 Å². The molecule has 18 rings (SSSR count). The first-order valence-electron chi connectivity index (χ1n) is 31.4. The van der Waals surface area contributed by atoms with Gasteiger partial charge in [0.1, 0.15) is 0 Å². The number of allylic oxidation sites excluding steroid dienone is 6. The summed E-state index contributed by atoms with van der Waals surface area (Å²) < 4.78 is 5.24. The Labute approximate surface area is 526 Å². The molecule has 0 amide bonds. The summed E-state index contributed by atoms with van der Waals surface area (Å²) in [7, 11) is 0. The zero-order chi connectivity index (χ0) is 58.5. The Balaban J connectivity index is 0.839. The number of thiophene rings is 2. The zero-order valence-electron chi connectivity index (χ0n) is 49.0. The third-order valence-corrected chi connectivity index (χ3v) is 22.0. The Bertz CT molecular complexity index is 5400. The summed E-state index contributed by atoms with van der Waals surface area (Å²) in [5, 5.41) is 10.3. The van der Waals surface area contributed by atoms with Gasteiger partial charge in [-0.1, -0.05) is 236 Å². The van der Waals surface area contributed by atoms with Gasteiger partial charge in [0.2, 0.25) is 0 Å². The first kappa shape index (κ1) is 52.0. The van der Waals surface area contributed by atoms with E-state index in [0.29, 0.717) is 5.92 Å². The minimum Gasteiger partial charge on any atom is -0.309 e. The summed E-state index contributed by atoms with van der Waals surface area (Å²) in [6, 6.07) is 98.2. The van der Waals surface area contributed by atoms with Crippen molar-refractivity contribution in [2.45, 2.75) is 31.6 Å². The highest BCUT2D eigenvalue weighted by atomic mass is 32.1. The lowest BCUT2D eigenvalue weighted by atomic mass is 9.81. The maximum Gasteiger partial charge on any atom is 0.0541 e. The summed E-state index contributed by atoms with van der Waals surface area (Å²) >= 11 is 3.99. The lowest BCUT2D eigenvalue weighted by Crippen LogP contribution is -2.06. The maximum absolute atomic E-state index is 2.57. The first-order valence-corrected chi connectivity index (χ1v) is 33.0. The van der Waals surface area contributed by atoms with Gasteiger partial charge in [0.05, 0.1) is 11.0 Å². The Kier molecular flexibility index (Phi) is 12.5. The molecule has 2 unspecified atom stereocenters. The molecule has 0 fully saturated rings. The molecule has 2 atom stereocenters. The van der Waals surface area contributed by atoms with Crippen LogP contribution in [-0.4, -0.2) is 4.57 Å². The molecule has 89 heavy (non-hydrogen) atoms. The van der Waals surface area contributed by atoms with Gasteiger partial charge in [0.25, 0.3) is 0 Å². The molecule has 420 valence electrons. The molecule has 3 aliphatic rings. The van der Waals surface area contributed by atoms with Crippen LogP contribution in [0.25, 0.3) is 143 Å². The van der Waals surface area contributed by atoms with Crippen molar-refractivity contribution < 1.29 is 0 Å². The number of hydrogen-bond donors (Lipinski definition) is 0. The number of aromatic nitrogens is 1. The van der Waals surface area contributed by atoms with Crippen LogP contribution in [0.3, 0.4) is 0 Å². The first-order chi connectivity index (χ1) is 44.1. The predicted molar refractivity (Wildman–Crippen MR) is 384 cm³/mol. The van der Waals surface area contributed by atoms with Gasteiger partial charge < -0.3 is 4.57 Å². The van der Waals surface area contributed by atoms with E-state index in [1.165, 1.54) is 157 Å². The normalized spacial score (nSPS) is 15.5. The minimum atomic E-state index is 0.156. The molecule has 3 aliphatic carbocycles. The van der Waals surface area contributed by atoms with Gasteiger partial charge in [0.15, 0.2) is 0 Å². The second-order valence-corrected chi connectivity index (χ2v) is 26.6. The van der Waals surface area contributed by atoms with Crippen molar-refractivity contribution in [2.75, 3.05) is 0 Å². The molecule has 3 aromatic heterocycles. The average Bonchev–Trinajstić information content (AvgIpc) is 1.88. The second kappa shape index (κ2) is 21.3. The van der Waals surface area contributed by atoms with Gasteiger partial charge in [-0.2, -0.15) is 0 Å². The highest BCUT2D eigenvalue weighted by Gasteiger charge is 2.30. The van der Waals surface area contributed by atoms with Gasteiger partial charge in [-0.25, -0.2) is 0 Å². The molecular formula is C86H59NS2. The van der Waals surface area contributed by atoms with Crippen LogP contribution in [0.2, 0.25) is 0 Å². The van der Waals surface area contributed by atoms with Crippen molar-refractivity contribution in [3.63, 3.8) is 0 Å². The van der Waals surface area contributed by atoms with Crippen LogP contribution in [-0.2, 0) is 6.42 Å². The molecule has 0 saturated carbocycles. The Morgan fingerprint density at radius 1 is 0.382 bits per heavy atom. The van der Waals surface area contributed by atoms with Crippen molar-refractivity contribution in [1.82, 2.24) is 4.57 Å². The summed E-state index contributed by atoms with van der Waals surface area (Å²) in [6.45, 7) is 0. The molecule has 3 heterocycles. The number of hydrogen-bond acceptors (Lipinski definition) is 2. The van der Waals surface area contributed by atoms with Gasteiger partial charge in [-0.05, 0) is 192 Å². The van der Waals surface area contributed by atoms with Crippen LogP contribution in [0.5, 0.6) is 0 Å². The van der Waals surface area contributed by atoms with Crippen LogP contribution in [0.15, 0.2) is 291 Å². The van der Waals surface area contributed by atoms with E-state index in [-0.39, 0.29) is 5.92 Å². The Morgan fingerprint density at radius 2 is 0.944 bits per heavy atom. The predicted octanol–water partition coefficient (Wildman–Crippen LogP) is 24.4. The maximum atomic E-state index is 2.57. The molecule has 0 N–H and O–H groups in total. The molecule has 0 bridgehead atoms. The van der Waals surface area contributed by atoms with Gasteiger partial charge in [0, 0.05) is 63.8 Å². The molecule has 1 nitrogen and oxygen atoms in total. The fraction of sp³-hybridized carbons (Fsp3) is 0.0698. The van der Waals surface area contributed by atoms with Crippen molar-refractivity contribution in [3.05, 3.63) is 323 Å². The van der Waals surface area contributed by atoms with Crippen LogP contribution in [0.4, 0.5) is 0 Å². The largest absolute Gasteiger partial charge is 0.309 e. The van der Waals surface area contributed by atoms with Crippen LogP contribution < -0.4 is 0 Å². The van der Waals surface area contributed by atoms with Gasteiger partial charge >= 0.3 is 0 Å².